The lowest BCUT2D eigenvalue weighted by molar-refractivity contribution is -0.384. The van der Waals surface area contributed by atoms with E-state index < -0.39 is 22.5 Å². The molecular formula is C15H12F2N2O3S. The van der Waals surface area contributed by atoms with E-state index in [1.807, 2.05) is 0 Å². The second-order valence-corrected chi connectivity index (χ2v) is 5.57. The molecule has 1 amide bonds. The third kappa shape index (κ3) is 5.03. The van der Waals surface area contributed by atoms with Crippen LogP contribution in [0.4, 0.5) is 20.2 Å². The third-order valence-corrected chi connectivity index (χ3v) is 3.86. The number of anilines is 1. The van der Waals surface area contributed by atoms with E-state index in [9.17, 15) is 23.7 Å². The van der Waals surface area contributed by atoms with E-state index in [1.165, 1.54) is 23.9 Å². The summed E-state index contributed by atoms with van der Waals surface area (Å²) in [6.07, 6.45) is 0. The van der Waals surface area contributed by atoms with Crippen molar-refractivity contribution >= 4 is 29.0 Å². The number of amides is 1. The van der Waals surface area contributed by atoms with Crippen LogP contribution in [0.3, 0.4) is 0 Å². The smallest absolute Gasteiger partial charge is 0.269 e. The van der Waals surface area contributed by atoms with Gasteiger partial charge in [0, 0.05) is 24.0 Å². The Bertz CT molecular complexity index is 723. The van der Waals surface area contributed by atoms with Gasteiger partial charge in [-0.05, 0) is 17.7 Å². The Kier molecular flexibility index (Phi) is 5.64. The van der Waals surface area contributed by atoms with E-state index in [0.29, 0.717) is 11.8 Å². The number of nitrogens with one attached hydrogen (secondary N) is 1. The van der Waals surface area contributed by atoms with Crippen LogP contribution in [0.5, 0.6) is 0 Å². The average molecular weight is 338 g/mol. The van der Waals surface area contributed by atoms with Gasteiger partial charge in [-0.25, -0.2) is 8.78 Å². The number of carbonyl (C=O) groups is 1. The van der Waals surface area contributed by atoms with E-state index in [2.05, 4.69) is 5.32 Å². The first-order valence-corrected chi connectivity index (χ1v) is 7.67. The van der Waals surface area contributed by atoms with E-state index in [4.69, 9.17) is 0 Å². The largest absolute Gasteiger partial charge is 0.323 e. The number of rotatable bonds is 6. The molecule has 0 atom stereocenters. The number of nitro benzene ring substituents is 1. The number of non-ortho nitro benzene ring substituents is 1. The lowest BCUT2D eigenvalue weighted by Gasteiger charge is -2.06. The zero-order valence-corrected chi connectivity index (χ0v) is 12.6. The number of nitrogens with zero attached hydrogens (tertiary/aromatic N) is 1. The first kappa shape index (κ1) is 16.9. The van der Waals surface area contributed by atoms with Crippen molar-refractivity contribution in [2.75, 3.05) is 11.1 Å². The Morgan fingerprint density at radius 1 is 1.17 bits per heavy atom. The number of thioether (sulfide) groups is 1. The molecule has 0 aliphatic rings. The minimum atomic E-state index is -0.835. The second-order valence-electron chi connectivity index (χ2n) is 4.59. The van der Waals surface area contributed by atoms with Crippen LogP contribution in [-0.2, 0) is 10.5 Å². The summed E-state index contributed by atoms with van der Waals surface area (Å²) in [7, 11) is 0. The van der Waals surface area contributed by atoms with Gasteiger partial charge in [0.15, 0.2) is 0 Å². The Balaban J connectivity index is 1.81. The molecule has 2 aromatic rings. The summed E-state index contributed by atoms with van der Waals surface area (Å²) in [4.78, 5) is 21.7. The highest BCUT2D eigenvalue weighted by Crippen LogP contribution is 2.18. The molecule has 0 spiro atoms. The lowest BCUT2D eigenvalue weighted by Crippen LogP contribution is -2.15. The molecule has 8 heteroatoms. The first-order chi connectivity index (χ1) is 11.0. The molecular weight excluding hydrogens is 326 g/mol. The Morgan fingerprint density at radius 3 is 2.48 bits per heavy atom. The van der Waals surface area contributed by atoms with Crippen LogP contribution >= 0.6 is 11.8 Å². The summed E-state index contributed by atoms with van der Waals surface area (Å²) >= 11 is 1.28. The van der Waals surface area contributed by atoms with Crippen LogP contribution in [0.25, 0.3) is 0 Å². The third-order valence-electron chi connectivity index (χ3n) is 2.85. The minimum absolute atomic E-state index is 0.00304. The van der Waals surface area contributed by atoms with Crippen molar-refractivity contribution in [3.63, 3.8) is 0 Å². The van der Waals surface area contributed by atoms with Crippen molar-refractivity contribution < 1.29 is 18.5 Å². The van der Waals surface area contributed by atoms with Crippen molar-refractivity contribution in [1.82, 2.24) is 0 Å². The summed E-state index contributed by atoms with van der Waals surface area (Å²) in [5, 5.41) is 12.9. The van der Waals surface area contributed by atoms with Crippen molar-refractivity contribution in [1.29, 1.82) is 0 Å². The lowest BCUT2D eigenvalue weighted by atomic mass is 10.2. The SMILES string of the molecule is O=C(CSCc1ccc([N+](=O)[O-])cc1)Nc1ccc(F)cc1F. The van der Waals surface area contributed by atoms with Crippen LogP contribution in [0.2, 0.25) is 0 Å². The summed E-state index contributed by atoms with van der Waals surface area (Å²) < 4.78 is 26.1. The maximum atomic E-state index is 13.4. The van der Waals surface area contributed by atoms with Crippen LogP contribution in [-0.4, -0.2) is 16.6 Å². The zero-order chi connectivity index (χ0) is 16.8. The molecule has 2 rings (SSSR count). The zero-order valence-electron chi connectivity index (χ0n) is 11.8. The molecule has 0 heterocycles. The highest BCUT2D eigenvalue weighted by molar-refractivity contribution is 7.99. The maximum absolute atomic E-state index is 13.4. The van der Waals surface area contributed by atoms with Crippen molar-refractivity contribution in [3.05, 3.63) is 69.8 Å². The Labute approximate surface area is 134 Å². The van der Waals surface area contributed by atoms with Gasteiger partial charge in [0.1, 0.15) is 11.6 Å². The molecule has 1 N–H and O–H groups in total. The summed E-state index contributed by atoms with van der Waals surface area (Å²) in [5.74, 6) is -1.40. The Morgan fingerprint density at radius 2 is 1.87 bits per heavy atom. The predicted octanol–water partition coefficient (Wildman–Crippen LogP) is 3.74. The molecule has 0 radical (unpaired) electrons. The van der Waals surface area contributed by atoms with Gasteiger partial charge in [-0.1, -0.05) is 12.1 Å². The van der Waals surface area contributed by atoms with Gasteiger partial charge in [-0.15, -0.1) is 11.8 Å². The molecule has 0 aromatic heterocycles. The van der Waals surface area contributed by atoms with E-state index >= 15 is 0 Å². The van der Waals surface area contributed by atoms with E-state index in [-0.39, 0.29) is 17.1 Å². The maximum Gasteiger partial charge on any atom is 0.269 e. The fraction of sp³-hybridized carbons (Fsp3) is 0.133. The van der Waals surface area contributed by atoms with Gasteiger partial charge < -0.3 is 5.32 Å². The number of hydrogen-bond acceptors (Lipinski definition) is 4. The van der Waals surface area contributed by atoms with E-state index in [0.717, 1.165) is 17.7 Å². The highest BCUT2D eigenvalue weighted by atomic mass is 32.2. The van der Waals surface area contributed by atoms with Gasteiger partial charge in [0.05, 0.1) is 16.4 Å². The topological polar surface area (TPSA) is 72.2 Å². The summed E-state index contributed by atoms with van der Waals surface area (Å²) in [5.41, 5.74) is 0.761. The molecule has 0 saturated heterocycles. The quantitative estimate of drug-likeness (QED) is 0.643. The number of carbonyl (C=O) groups excluding carboxylic acids is 1. The molecule has 0 bridgehead atoms. The molecule has 0 aliphatic carbocycles. The summed E-state index contributed by atoms with van der Waals surface area (Å²) in [6.45, 7) is 0. The molecule has 5 nitrogen and oxygen atoms in total. The van der Waals surface area contributed by atoms with Gasteiger partial charge in [0.25, 0.3) is 5.69 Å². The minimum Gasteiger partial charge on any atom is -0.323 e. The normalized spacial score (nSPS) is 10.3. The molecule has 0 fully saturated rings. The molecule has 0 saturated carbocycles. The predicted molar refractivity (Wildman–Crippen MR) is 84.2 cm³/mol. The highest BCUT2D eigenvalue weighted by Gasteiger charge is 2.09. The van der Waals surface area contributed by atoms with Crippen LogP contribution < -0.4 is 5.32 Å². The van der Waals surface area contributed by atoms with E-state index in [1.54, 1.807) is 12.1 Å². The standard InChI is InChI=1S/C15H12F2N2O3S/c16-11-3-6-14(13(17)7-11)18-15(20)9-23-8-10-1-4-12(5-2-10)19(21)22/h1-7H,8-9H2,(H,18,20). The number of benzene rings is 2. The van der Waals surface area contributed by atoms with Crippen LogP contribution in [0, 0.1) is 21.7 Å². The summed E-state index contributed by atoms with van der Waals surface area (Å²) in [6, 6.07) is 8.92. The molecule has 2 aromatic carbocycles. The number of halogens is 2. The molecule has 0 aliphatic heterocycles. The first-order valence-electron chi connectivity index (χ1n) is 6.51. The molecule has 23 heavy (non-hydrogen) atoms. The van der Waals surface area contributed by atoms with Crippen molar-refractivity contribution in [2.24, 2.45) is 0 Å². The molecule has 120 valence electrons. The number of hydrogen-bond donors (Lipinski definition) is 1. The van der Waals surface area contributed by atoms with Gasteiger partial charge >= 0.3 is 0 Å². The van der Waals surface area contributed by atoms with Crippen molar-refractivity contribution in [3.8, 4) is 0 Å². The number of nitro groups is 1. The van der Waals surface area contributed by atoms with Gasteiger partial charge in [0.2, 0.25) is 5.91 Å². The fourth-order valence-corrected chi connectivity index (χ4v) is 2.54. The van der Waals surface area contributed by atoms with Gasteiger partial charge in [-0.3, -0.25) is 14.9 Å². The second kappa shape index (κ2) is 7.68. The molecule has 0 unspecified atom stereocenters. The Hall–Kier alpha value is -2.48. The van der Waals surface area contributed by atoms with Crippen LogP contribution in [0.1, 0.15) is 5.56 Å². The van der Waals surface area contributed by atoms with Crippen molar-refractivity contribution in [2.45, 2.75) is 5.75 Å². The van der Waals surface area contributed by atoms with Gasteiger partial charge in [-0.2, -0.15) is 0 Å². The monoisotopic (exact) mass is 338 g/mol. The fourth-order valence-electron chi connectivity index (χ4n) is 1.75. The van der Waals surface area contributed by atoms with Crippen LogP contribution in [0.15, 0.2) is 42.5 Å². The average Bonchev–Trinajstić information content (AvgIpc) is 2.50.